The Hall–Kier alpha value is -2.40. The number of hydrogen-bond acceptors (Lipinski definition) is 4. The van der Waals surface area contributed by atoms with Gasteiger partial charge in [-0.25, -0.2) is 0 Å². The highest BCUT2D eigenvalue weighted by atomic mass is 16.5. The van der Waals surface area contributed by atoms with Crippen LogP contribution in [0.25, 0.3) is 0 Å². The van der Waals surface area contributed by atoms with Crippen LogP contribution in [0.1, 0.15) is 54.4 Å². The normalized spacial score (nSPS) is 14.7. The van der Waals surface area contributed by atoms with E-state index in [2.05, 4.69) is 10.3 Å². The van der Waals surface area contributed by atoms with Crippen LogP contribution in [0.2, 0.25) is 0 Å². The molecular formula is C22H28N2O3. The SMILES string of the molecule is O=C(NCCCOC1CCCCC1)c1ccc(OCc2cccnc2)cc1. The first-order chi connectivity index (χ1) is 13.3. The van der Waals surface area contributed by atoms with Gasteiger partial charge in [0.15, 0.2) is 0 Å². The highest BCUT2D eigenvalue weighted by Crippen LogP contribution is 2.20. The van der Waals surface area contributed by atoms with Gasteiger partial charge in [-0.05, 0) is 49.6 Å². The van der Waals surface area contributed by atoms with Gasteiger partial charge >= 0.3 is 0 Å². The highest BCUT2D eigenvalue weighted by Gasteiger charge is 2.13. The van der Waals surface area contributed by atoms with E-state index in [0.717, 1.165) is 17.7 Å². The van der Waals surface area contributed by atoms with Crippen LogP contribution in [0.3, 0.4) is 0 Å². The molecular weight excluding hydrogens is 340 g/mol. The molecule has 3 rings (SSSR count). The van der Waals surface area contributed by atoms with Crippen molar-refractivity contribution in [3.63, 3.8) is 0 Å². The molecule has 0 spiro atoms. The zero-order valence-corrected chi connectivity index (χ0v) is 15.7. The van der Waals surface area contributed by atoms with Crippen molar-refractivity contribution >= 4 is 5.91 Å². The lowest BCUT2D eigenvalue weighted by atomic mass is 9.98. The average molecular weight is 368 g/mol. The van der Waals surface area contributed by atoms with Crippen LogP contribution in [0.15, 0.2) is 48.8 Å². The van der Waals surface area contributed by atoms with Gasteiger partial charge in [-0.1, -0.05) is 25.3 Å². The zero-order chi connectivity index (χ0) is 18.7. The molecule has 1 fully saturated rings. The predicted octanol–water partition coefficient (Wildman–Crippen LogP) is 4.13. The maximum atomic E-state index is 12.2. The fourth-order valence-electron chi connectivity index (χ4n) is 3.21. The maximum Gasteiger partial charge on any atom is 0.251 e. The number of carbonyl (C=O) groups is 1. The summed E-state index contributed by atoms with van der Waals surface area (Å²) in [5.74, 6) is 0.669. The second-order valence-electron chi connectivity index (χ2n) is 6.91. The molecule has 1 amide bonds. The number of nitrogens with one attached hydrogen (secondary N) is 1. The molecule has 0 atom stereocenters. The van der Waals surface area contributed by atoms with Gasteiger partial charge in [-0.3, -0.25) is 9.78 Å². The Bertz CT molecular complexity index is 682. The van der Waals surface area contributed by atoms with Crippen molar-refractivity contribution in [1.82, 2.24) is 10.3 Å². The van der Waals surface area contributed by atoms with Crippen molar-refractivity contribution in [3.8, 4) is 5.75 Å². The third-order valence-corrected chi connectivity index (χ3v) is 4.76. The first-order valence-corrected chi connectivity index (χ1v) is 9.83. The predicted molar refractivity (Wildman–Crippen MR) is 105 cm³/mol. The van der Waals surface area contributed by atoms with Crippen LogP contribution in [0, 0.1) is 0 Å². The summed E-state index contributed by atoms with van der Waals surface area (Å²) in [5.41, 5.74) is 1.65. The number of pyridine rings is 1. The molecule has 144 valence electrons. The van der Waals surface area contributed by atoms with Gasteiger partial charge in [0.2, 0.25) is 0 Å². The molecule has 0 bridgehead atoms. The molecule has 0 aliphatic heterocycles. The summed E-state index contributed by atoms with van der Waals surface area (Å²) in [4.78, 5) is 16.3. The molecule has 1 aromatic heterocycles. The van der Waals surface area contributed by atoms with E-state index in [-0.39, 0.29) is 5.91 Å². The Kier molecular flexibility index (Phi) is 7.66. The summed E-state index contributed by atoms with van der Waals surface area (Å²) in [6.45, 7) is 1.80. The number of ether oxygens (including phenoxy) is 2. The molecule has 2 aromatic rings. The molecule has 1 heterocycles. The molecule has 0 unspecified atom stereocenters. The van der Waals surface area contributed by atoms with Gasteiger partial charge in [-0.15, -0.1) is 0 Å². The van der Waals surface area contributed by atoms with Gasteiger partial charge in [0.05, 0.1) is 6.10 Å². The van der Waals surface area contributed by atoms with E-state index in [1.165, 1.54) is 32.1 Å². The standard InChI is InChI=1S/C22H28N2O3/c25-22(24-14-5-15-26-20-7-2-1-3-8-20)19-9-11-21(12-10-19)27-17-18-6-4-13-23-16-18/h4,6,9-13,16,20H,1-3,5,7-8,14-15,17H2,(H,24,25). The van der Waals surface area contributed by atoms with E-state index in [4.69, 9.17) is 9.47 Å². The molecule has 5 heteroatoms. The summed E-state index contributed by atoms with van der Waals surface area (Å²) >= 11 is 0. The minimum absolute atomic E-state index is 0.0634. The minimum atomic E-state index is -0.0634. The summed E-state index contributed by atoms with van der Waals surface area (Å²) < 4.78 is 11.6. The molecule has 0 radical (unpaired) electrons. The summed E-state index contributed by atoms with van der Waals surface area (Å²) in [5, 5.41) is 2.95. The summed E-state index contributed by atoms with van der Waals surface area (Å²) in [6, 6.07) is 11.0. The quantitative estimate of drug-likeness (QED) is 0.676. The van der Waals surface area contributed by atoms with Gasteiger partial charge in [0.1, 0.15) is 12.4 Å². The van der Waals surface area contributed by atoms with Gasteiger partial charge < -0.3 is 14.8 Å². The number of amides is 1. The Morgan fingerprint density at radius 2 is 1.93 bits per heavy atom. The van der Waals surface area contributed by atoms with Gasteiger partial charge in [0.25, 0.3) is 5.91 Å². The van der Waals surface area contributed by atoms with Crippen LogP contribution in [0.5, 0.6) is 5.75 Å². The van der Waals surface area contributed by atoms with Crippen molar-refractivity contribution in [1.29, 1.82) is 0 Å². The lowest BCUT2D eigenvalue weighted by Crippen LogP contribution is -2.26. The molecule has 1 aromatic carbocycles. The van der Waals surface area contributed by atoms with Gasteiger partial charge in [-0.2, -0.15) is 0 Å². The monoisotopic (exact) mass is 368 g/mol. The van der Waals surface area contributed by atoms with E-state index in [9.17, 15) is 4.79 Å². The third kappa shape index (κ3) is 6.68. The highest BCUT2D eigenvalue weighted by molar-refractivity contribution is 5.94. The number of benzene rings is 1. The molecule has 1 saturated carbocycles. The summed E-state index contributed by atoms with van der Waals surface area (Å²) in [7, 11) is 0. The Morgan fingerprint density at radius 3 is 2.67 bits per heavy atom. The fourth-order valence-corrected chi connectivity index (χ4v) is 3.21. The van der Waals surface area contributed by atoms with E-state index >= 15 is 0 Å². The third-order valence-electron chi connectivity index (χ3n) is 4.76. The molecule has 27 heavy (non-hydrogen) atoms. The number of aromatic nitrogens is 1. The molecule has 1 N–H and O–H groups in total. The Labute approximate surface area is 161 Å². The van der Waals surface area contributed by atoms with E-state index in [1.807, 2.05) is 24.3 Å². The smallest absolute Gasteiger partial charge is 0.251 e. The van der Waals surface area contributed by atoms with Crippen LogP contribution in [-0.4, -0.2) is 30.1 Å². The molecule has 1 aliphatic carbocycles. The second-order valence-corrected chi connectivity index (χ2v) is 6.91. The first kappa shape index (κ1) is 19.4. The van der Waals surface area contributed by atoms with E-state index < -0.39 is 0 Å². The lowest BCUT2D eigenvalue weighted by Gasteiger charge is -2.21. The maximum absolute atomic E-state index is 12.2. The number of hydrogen-bond donors (Lipinski definition) is 1. The number of rotatable bonds is 9. The second kappa shape index (κ2) is 10.7. The largest absolute Gasteiger partial charge is 0.489 e. The van der Waals surface area contributed by atoms with Crippen LogP contribution in [-0.2, 0) is 11.3 Å². The van der Waals surface area contributed by atoms with Crippen molar-refractivity contribution in [2.75, 3.05) is 13.2 Å². The van der Waals surface area contributed by atoms with Crippen LogP contribution >= 0.6 is 0 Å². The zero-order valence-electron chi connectivity index (χ0n) is 15.7. The Balaban J connectivity index is 1.33. The Morgan fingerprint density at radius 1 is 1.11 bits per heavy atom. The summed E-state index contributed by atoms with van der Waals surface area (Å²) in [6.07, 6.45) is 11.0. The van der Waals surface area contributed by atoms with Gasteiger partial charge in [0, 0.05) is 36.7 Å². The fraction of sp³-hybridized carbons (Fsp3) is 0.455. The number of carbonyl (C=O) groups excluding carboxylic acids is 1. The van der Waals surface area contributed by atoms with Crippen molar-refractivity contribution < 1.29 is 14.3 Å². The van der Waals surface area contributed by atoms with Crippen molar-refractivity contribution in [2.24, 2.45) is 0 Å². The molecule has 0 saturated heterocycles. The molecule has 1 aliphatic rings. The topological polar surface area (TPSA) is 60.5 Å². The lowest BCUT2D eigenvalue weighted by molar-refractivity contribution is 0.0273. The average Bonchev–Trinajstić information content (AvgIpc) is 2.74. The minimum Gasteiger partial charge on any atom is -0.489 e. The first-order valence-electron chi connectivity index (χ1n) is 9.83. The van der Waals surface area contributed by atoms with E-state index in [0.29, 0.717) is 31.4 Å². The van der Waals surface area contributed by atoms with Crippen molar-refractivity contribution in [2.45, 2.75) is 51.2 Å². The van der Waals surface area contributed by atoms with E-state index in [1.54, 1.807) is 24.5 Å². The number of nitrogens with zero attached hydrogens (tertiary/aromatic N) is 1. The molecule has 5 nitrogen and oxygen atoms in total. The van der Waals surface area contributed by atoms with Crippen LogP contribution < -0.4 is 10.1 Å². The van der Waals surface area contributed by atoms with Crippen LogP contribution in [0.4, 0.5) is 0 Å². The van der Waals surface area contributed by atoms with Crippen molar-refractivity contribution in [3.05, 3.63) is 59.9 Å².